The van der Waals surface area contributed by atoms with Gasteiger partial charge in [0.25, 0.3) is 0 Å². The van der Waals surface area contributed by atoms with Crippen LogP contribution < -0.4 is 16.0 Å². The molecule has 0 aliphatic carbocycles. The first kappa shape index (κ1) is 17.8. The Morgan fingerprint density at radius 1 is 1.33 bits per heavy atom. The molecule has 0 spiro atoms. The van der Waals surface area contributed by atoms with E-state index in [-0.39, 0.29) is 18.0 Å². The summed E-state index contributed by atoms with van der Waals surface area (Å²) < 4.78 is 0. The van der Waals surface area contributed by atoms with Crippen molar-refractivity contribution in [1.29, 1.82) is 0 Å². The molecule has 1 unspecified atom stereocenters. The van der Waals surface area contributed by atoms with Crippen LogP contribution in [0.2, 0.25) is 0 Å². The van der Waals surface area contributed by atoms with Gasteiger partial charge in [-0.05, 0) is 54.1 Å². The smallest absolute Gasteiger partial charge is 0.242 e. The van der Waals surface area contributed by atoms with Crippen molar-refractivity contribution < 1.29 is 4.79 Å². The molecule has 6 heteroatoms. The van der Waals surface area contributed by atoms with Crippen LogP contribution in [-0.2, 0) is 4.79 Å². The Kier molecular flexibility index (Phi) is 6.95. The van der Waals surface area contributed by atoms with Crippen LogP contribution in [0.1, 0.15) is 40.5 Å². The second kappa shape index (κ2) is 8.22. The third-order valence-corrected chi connectivity index (χ3v) is 3.42. The van der Waals surface area contributed by atoms with Gasteiger partial charge in [0, 0.05) is 24.7 Å². The molecule has 1 saturated heterocycles. The average Bonchev–Trinajstić information content (AvgIpc) is 2.76. The van der Waals surface area contributed by atoms with Gasteiger partial charge in [-0.3, -0.25) is 4.79 Å². The summed E-state index contributed by atoms with van der Waals surface area (Å²) in [6.45, 7) is 10.9. The minimum Gasteiger partial charge on any atom is -0.357 e. The second-order valence-electron chi connectivity index (χ2n) is 6.65. The number of amides is 1. The number of guanidine groups is 1. The zero-order valence-corrected chi connectivity index (χ0v) is 14.1. The molecule has 1 rings (SSSR count). The minimum atomic E-state index is -0.217. The van der Waals surface area contributed by atoms with Crippen molar-refractivity contribution in [3.8, 4) is 0 Å². The quantitative estimate of drug-likeness (QED) is 0.512. The van der Waals surface area contributed by atoms with Gasteiger partial charge in [-0.15, -0.1) is 0 Å². The molecule has 1 fully saturated rings. The minimum absolute atomic E-state index is 0.0577. The van der Waals surface area contributed by atoms with Crippen molar-refractivity contribution in [1.82, 2.24) is 20.9 Å². The number of likely N-dealkylation sites (N-methyl/N-ethyl adjacent to an activating group) is 1. The number of hydrogen-bond acceptors (Lipinski definition) is 3. The fraction of sp³-hybridized carbons (Fsp3) is 0.867. The molecule has 3 N–H and O–H groups in total. The highest BCUT2D eigenvalue weighted by atomic mass is 16.2. The summed E-state index contributed by atoms with van der Waals surface area (Å²) in [6.07, 6.45) is 2.47. The van der Waals surface area contributed by atoms with Gasteiger partial charge >= 0.3 is 0 Å². The number of likely N-dealkylation sites (tertiary alicyclic amines) is 1. The number of aliphatic imine (C=N–C) groups is 1. The van der Waals surface area contributed by atoms with Crippen LogP contribution >= 0.6 is 0 Å². The summed E-state index contributed by atoms with van der Waals surface area (Å²) in [5.41, 5.74) is -0.217. The first-order valence-electron chi connectivity index (χ1n) is 7.85. The van der Waals surface area contributed by atoms with Gasteiger partial charge in [-0.2, -0.15) is 0 Å². The summed E-state index contributed by atoms with van der Waals surface area (Å²) >= 11 is 0. The molecule has 0 radical (unpaired) electrons. The Morgan fingerprint density at radius 3 is 2.57 bits per heavy atom. The van der Waals surface area contributed by atoms with E-state index < -0.39 is 0 Å². The molecule has 0 aromatic heterocycles. The van der Waals surface area contributed by atoms with E-state index in [0.717, 1.165) is 19.6 Å². The predicted molar refractivity (Wildman–Crippen MR) is 87.5 cm³/mol. The Bertz CT molecular complexity index is 362. The molecule has 0 bridgehead atoms. The Labute approximate surface area is 128 Å². The van der Waals surface area contributed by atoms with Crippen molar-refractivity contribution in [2.24, 2.45) is 4.99 Å². The lowest BCUT2D eigenvalue weighted by Crippen LogP contribution is -2.45. The number of rotatable bonds is 5. The molecule has 1 amide bonds. The Morgan fingerprint density at radius 2 is 2.05 bits per heavy atom. The molecule has 6 nitrogen and oxygen atoms in total. The average molecular weight is 297 g/mol. The molecular weight excluding hydrogens is 266 g/mol. The molecule has 1 aliphatic heterocycles. The number of nitrogens with one attached hydrogen (secondary N) is 3. The molecule has 0 aromatic rings. The van der Waals surface area contributed by atoms with Crippen LogP contribution in [0.15, 0.2) is 4.99 Å². The van der Waals surface area contributed by atoms with E-state index in [1.807, 2.05) is 27.7 Å². The van der Waals surface area contributed by atoms with Crippen molar-refractivity contribution >= 4 is 11.9 Å². The van der Waals surface area contributed by atoms with E-state index >= 15 is 0 Å². The van der Waals surface area contributed by atoms with Gasteiger partial charge in [0.2, 0.25) is 5.91 Å². The van der Waals surface area contributed by atoms with Gasteiger partial charge in [0.1, 0.15) is 6.54 Å². The Hall–Kier alpha value is -1.30. The highest BCUT2D eigenvalue weighted by Gasteiger charge is 2.20. The predicted octanol–water partition coefficient (Wildman–Crippen LogP) is 0.550. The second-order valence-corrected chi connectivity index (χ2v) is 6.65. The van der Waals surface area contributed by atoms with Crippen molar-refractivity contribution in [3.05, 3.63) is 0 Å². The van der Waals surface area contributed by atoms with Crippen LogP contribution in [0.5, 0.6) is 0 Å². The standard InChI is InChI=1S/C15H31N5O/c1-6-16-14(17-10-12-8-7-9-20(12)5)18-11-13(21)19-15(2,3)4/h12H,6-11H2,1-5H3,(H,19,21)(H2,16,17,18). The van der Waals surface area contributed by atoms with Crippen LogP contribution in [0.4, 0.5) is 0 Å². The van der Waals surface area contributed by atoms with Crippen LogP contribution in [0.3, 0.4) is 0 Å². The molecule has 122 valence electrons. The largest absolute Gasteiger partial charge is 0.357 e. The van der Waals surface area contributed by atoms with Gasteiger partial charge < -0.3 is 20.9 Å². The number of carbonyl (C=O) groups excluding carboxylic acids is 1. The summed E-state index contributed by atoms with van der Waals surface area (Å²) in [7, 11) is 2.15. The SMILES string of the molecule is CCNC(=NCC(=O)NC(C)(C)C)NCC1CCCN1C. The van der Waals surface area contributed by atoms with Crippen LogP contribution in [-0.4, -0.2) is 61.6 Å². The molecular formula is C15H31N5O. The third kappa shape index (κ3) is 7.32. The molecule has 0 aromatic carbocycles. The lowest BCUT2D eigenvalue weighted by Gasteiger charge is -2.22. The fourth-order valence-electron chi connectivity index (χ4n) is 2.40. The maximum absolute atomic E-state index is 11.8. The van der Waals surface area contributed by atoms with Gasteiger partial charge in [0.05, 0.1) is 0 Å². The lowest BCUT2D eigenvalue weighted by molar-refractivity contribution is -0.121. The van der Waals surface area contributed by atoms with E-state index in [4.69, 9.17) is 0 Å². The molecule has 1 aliphatic rings. The highest BCUT2D eigenvalue weighted by Crippen LogP contribution is 2.13. The topological polar surface area (TPSA) is 68.8 Å². The third-order valence-electron chi connectivity index (χ3n) is 3.42. The van der Waals surface area contributed by atoms with Crippen molar-refractivity contribution in [3.63, 3.8) is 0 Å². The maximum Gasteiger partial charge on any atom is 0.242 e. The fourth-order valence-corrected chi connectivity index (χ4v) is 2.40. The lowest BCUT2D eigenvalue weighted by atomic mass is 10.1. The normalized spacial score (nSPS) is 20.4. The molecule has 1 heterocycles. The molecule has 0 saturated carbocycles. The van der Waals surface area contributed by atoms with Gasteiger partial charge in [-0.25, -0.2) is 4.99 Å². The van der Waals surface area contributed by atoms with Crippen LogP contribution in [0, 0.1) is 0 Å². The maximum atomic E-state index is 11.8. The number of nitrogens with zero attached hydrogens (tertiary/aromatic N) is 2. The first-order valence-corrected chi connectivity index (χ1v) is 7.85. The zero-order valence-electron chi connectivity index (χ0n) is 14.1. The summed E-state index contributed by atoms with van der Waals surface area (Å²) in [5, 5.41) is 9.42. The van der Waals surface area contributed by atoms with E-state index in [9.17, 15) is 4.79 Å². The van der Waals surface area contributed by atoms with Gasteiger partial charge in [0.15, 0.2) is 5.96 Å². The summed E-state index contributed by atoms with van der Waals surface area (Å²) in [5.74, 6) is 0.652. The van der Waals surface area contributed by atoms with Crippen molar-refractivity contribution in [2.75, 3.05) is 33.2 Å². The molecule has 21 heavy (non-hydrogen) atoms. The van der Waals surface area contributed by atoms with E-state index in [0.29, 0.717) is 12.0 Å². The number of hydrogen-bond donors (Lipinski definition) is 3. The van der Waals surface area contributed by atoms with Crippen molar-refractivity contribution in [2.45, 2.75) is 52.1 Å². The number of carbonyl (C=O) groups is 1. The van der Waals surface area contributed by atoms with Gasteiger partial charge in [-0.1, -0.05) is 0 Å². The summed E-state index contributed by atoms with van der Waals surface area (Å²) in [4.78, 5) is 18.5. The zero-order chi connectivity index (χ0) is 15.9. The van der Waals surface area contributed by atoms with E-state index in [2.05, 4.69) is 32.9 Å². The molecule has 1 atom stereocenters. The van der Waals surface area contributed by atoms with Crippen LogP contribution in [0.25, 0.3) is 0 Å². The highest BCUT2D eigenvalue weighted by molar-refractivity contribution is 5.85. The Balaban J connectivity index is 2.44. The van der Waals surface area contributed by atoms with E-state index in [1.54, 1.807) is 0 Å². The van der Waals surface area contributed by atoms with E-state index in [1.165, 1.54) is 12.8 Å². The summed E-state index contributed by atoms with van der Waals surface area (Å²) in [6, 6.07) is 0.553. The monoisotopic (exact) mass is 297 g/mol. The first-order chi connectivity index (χ1) is 9.81.